The van der Waals surface area contributed by atoms with Crippen molar-refractivity contribution in [3.8, 4) is 0 Å². The molecule has 2 N–H and O–H groups in total. The molecule has 0 saturated carbocycles. The Morgan fingerprint density at radius 2 is 2.09 bits per heavy atom. The number of nitrogens with zero attached hydrogens (tertiary/aromatic N) is 1. The smallest absolute Gasteiger partial charge is 0.0136 e. The van der Waals surface area contributed by atoms with E-state index in [0.29, 0.717) is 6.04 Å². The molecular formula is C8H19ClN2. The van der Waals surface area contributed by atoms with E-state index in [4.69, 9.17) is 5.73 Å². The quantitative estimate of drug-likeness (QED) is 0.643. The molecule has 0 aromatic rings. The summed E-state index contributed by atoms with van der Waals surface area (Å²) in [5.41, 5.74) is 5.44. The molecular weight excluding hydrogens is 160 g/mol. The highest BCUT2D eigenvalue weighted by molar-refractivity contribution is 5.85. The molecule has 3 heteroatoms. The monoisotopic (exact) mass is 178 g/mol. The van der Waals surface area contributed by atoms with Gasteiger partial charge < -0.3 is 10.6 Å². The van der Waals surface area contributed by atoms with E-state index >= 15 is 0 Å². The van der Waals surface area contributed by atoms with Crippen molar-refractivity contribution < 1.29 is 0 Å². The minimum Gasteiger partial charge on any atom is -0.330 e. The van der Waals surface area contributed by atoms with E-state index < -0.39 is 0 Å². The molecule has 0 aliphatic heterocycles. The first kappa shape index (κ1) is 13.5. The Labute approximate surface area is 75.9 Å². The van der Waals surface area contributed by atoms with Gasteiger partial charge in [-0.3, -0.25) is 0 Å². The van der Waals surface area contributed by atoms with Crippen molar-refractivity contribution in [3.63, 3.8) is 0 Å². The molecule has 0 heterocycles. The first-order chi connectivity index (χ1) is 4.72. The Balaban J connectivity index is 0. The molecule has 0 aromatic carbocycles. The van der Waals surface area contributed by atoms with Crippen molar-refractivity contribution in [1.29, 1.82) is 0 Å². The van der Waals surface area contributed by atoms with Gasteiger partial charge >= 0.3 is 0 Å². The van der Waals surface area contributed by atoms with E-state index in [1.165, 1.54) is 0 Å². The molecule has 0 aliphatic rings. The molecule has 0 bridgehead atoms. The maximum absolute atomic E-state index is 5.44. The highest BCUT2D eigenvalue weighted by Gasteiger charge is 2.06. The number of halogens is 1. The Bertz CT molecular complexity index is 94.1. The molecule has 0 saturated heterocycles. The highest BCUT2D eigenvalue weighted by atomic mass is 35.5. The molecule has 0 aromatic heterocycles. The molecule has 2 nitrogen and oxygen atoms in total. The SMILES string of the molecule is C=CCC(CCN)N(C)C.Cl. The van der Waals surface area contributed by atoms with Crippen LogP contribution in [0, 0.1) is 0 Å². The normalized spacial score (nSPS) is 12.4. The van der Waals surface area contributed by atoms with Gasteiger partial charge in [-0.1, -0.05) is 6.08 Å². The van der Waals surface area contributed by atoms with Crippen LogP contribution in [0.1, 0.15) is 12.8 Å². The summed E-state index contributed by atoms with van der Waals surface area (Å²) in [6.45, 7) is 4.46. The predicted octanol–water partition coefficient (Wildman–Crippen LogP) is 1.26. The van der Waals surface area contributed by atoms with Crippen molar-refractivity contribution in [1.82, 2.24) is 4.90 Å². The lowest BCUT2D eigenvalue weighted by Gasteiger charge is -2.21. The fraction of sp³-hybridized carbons (Fsp3) is 0.750. The van der Waals surface area contributed by atoms with Crippen LogP contribution in [0.25, 0.3) is 0 Å². The van der Waals surface area contributed by atoms with Gasteiger partial charge in [-0.25, -0.2) is 0 Å². The van der Waals surface area contributed by atoms with Gasteiger partial charge in [0, 0.05) is 6.04 Å². The molecule has 0 aliphatic carbocycles. The molecule has 0 radical (unpaired) electrons. The van der Waals surface area contributed by atoms with Crippen LogP contribution >= 0.6 is 12.4 Å². The van der Waals surface area contributed by atoms with E-state index in [9.17, 15) is 0 Å². The fourth-order valence-corrected chi connectivity index (χ4v) is 0.972. The Kier molecular flexibility index (Phi) is 9.90. The van der Waals surface area contributed by atoms with E-state index in [-0.39, 0.29) is 12.4 Å². The number of hydrogen-bond donors (Lipinski definition) is 1. The summed E-state index contributed by atoms with van der Waals surface area (Å²) < 4.78 is 0. The van der Waals surface area contributed by atoms with Crippen LogP contribution in [-0.4, -0.2) is 31.6 Å². The third kappa shape index (κ3) is 6.35. The Hall–Kier alpha value is -0.0500. The summed E-state index contributed by atoms with van der Waals surface area (Å²) in [6, 6.07) is 0.572. The van der Waals surface area contributed by atoms with E-state index in [0.717, 1.165) is 19.4 Å². The average molecular weight is 179 g/mol. The molecule has 0 amide bonds. The largest absolute Gasteiger partial charge is 0.330 e. The maximum atomic E-state index is 5.44. The maximum Gasteiger partial charge on any atom is 0.0136 e. The Morgan fingerprint density at radius 1 is 1.55 bits per heavy atom. The van der Waals surface area contributed by atoms with Crippen LogP contribution in [0.5, 0.6) is 0 Å². The minimum atomic E-state index is 0. The molecule has 1 atom stereocenters. The zero-order valence-corrected chi connectivity index (χ0v) is 8.23. The van der Waals surface area contributed by atoms with Gasteiger partial charge in [-0.05, 0) is 33.5 Å². The molecule has 1 unspecified atom stereocenters. The van der Waals surface area contributed by atoms with Crippen LogP contribution in [-0.2, 0) is 0 Å². The zero-order chi connectivity index (χ0) is 7.98. The summed E-state index contributed by atoms with van der Waals surface area (Å²) >= 11 is 0. The summed E-state index contributed by atoms with van der Waals surface area (Å²) in [5, 5.41) is 0. The van der Waals surface area contributed by atoms with Crippen LogP contribution in [0.3, 0.4) is 0 Å². The summed E-state index contributed by atoms with van der Waals surface area (Å²) in [7, 11) is 4.15. The van der Waals surface area contributed by atoms with Crippen LogP contribution < -0.4 is 5.73 Å². The van der Waals surface area contributed by atoms with Crippen LogP contribution in [0.15, 0.2) is 12.7 Å². The second-order valence-corrected chi connectivity index (χ2v) is 2.72. The van der Waals surface area contributed by atoms with Gasteiger partial charge in [-0.15, -0.1) is 19.0 Å². The lowest BCUT2D eigenvalue weighted by atomic mass is 10.1. The van der Waals surface area contributed by atoms with Gasteiger partial charge in [-0.2, -0.15) is 0 Å². The van der Waals surface area contributed by atoms with Crippen LogP contribution in [0.4, 0.5) is 0 Å². The highest BCUT2D eigenvalue weighted by Crippen LogP contribution is 2.03. The third-order valence-electron chi connectivity index (χ3n) is 1.67. The van der Waals surface area contributed by atoms with E-state index in [1.54, 1.807) is 0 Å². The zero-order valence-electron chi connectivity index (χ0n) is 7.42. The molecule has 11 heavy (non-hydrogen) atoms. The van der Waals surface area contributed by atoms with Gasteiger partial charge in [0.05, 0.1) is 0 Å². The van der Waals surface area contributed by atoms with Crippen molar-refractivity contribution in [2.75, 3.05) is 20.6 Å². The number of nitrogens with two attached hydrogens (primary N) is 1. The van der Waals surface area contributed by atoms with E-state index in [2.05, 4.69) is 25.6 Å². The topological polar surface area (TPSA) is 29.3 Å². The van der Waals surface area contributed by atoms with E-state index in [1.807, 2.05) is 6.08 Å². The second-order valence-electron chi connectivity index (χ2n) is 2.72. The molecule has 0 fully saturated rings. The number of hydrogen-bond acceptors (Lipinski definition) is 2. The number of rotatable bonds is 5. The molecule has 0 rings (SSSR count). The first-order valence-corrected chi connectivity index (χ1v) is 3.69. The van der Waals surface area contributed by atoms with Crippen molar-refractivity contribution in [3.05, 3.63) is 12.7 Å². The van der Waals surface area contributed by atoms with Gasteiger partial charge in [0.15, 0.2) is 0 Å². The Morgan fingerprint density at radius 3 is 2.36 bits per heavy atom. The lowest BCUT2D eigenvalue weighted by Crippen LogP contribution is -2.29. The van der Waals surface area contributed by atoms with Gasteiger partial charge in [0.1, 0.15) is 0 Å². The lowest BCUT2D eigenvalue weighted by molar-refractivity contribution is 0.283. The van der Waals surface area contributed by atoms with Crippen molar-refractivity contribution >= 4 is 12.4 Å². The molecule has 0 spiro atoms. The predicted molar refractivity (Wildman–Crippen MR) is 53.2 cm³/mol. The summed E-state index contributed by atoms with van der Waals surface area (Å²) in [6.07, 6.45) is 4.03. The van der Waals surface area contributed by atoms with Gasteiger partial charge in [0.2, 0.25) is 0 Å². The second kappa shape index (κ2) is 8.05. The minimum absolute atomic E-state index is 0. The fourth-order valence-electron chi connectivity index (χ4n) is 0.972. The summed E-state index contributed by atoms with van der Waals surface area (Å²) in [4.78, 5) is 2.19. The van der Waals surface area contributed by atoms with Crippen LogP contribution in [0.2, 0.25) is 0 Å². The van der Waals surface area contributed by atoms with Gasteiger partial charge in [0.25, 0.3) is 0 Å². The third-order valence-corrected chi connectivity index (χ3v) is 1.67. The van der Waals surface area contributed by atoms with Crippen molar-refractivity contribution in [2.45, 2.75) is 18.9 Å². The summed E-state index contributed by atoms with van der Waals surface area (Å²) in [5.74, 6) is 0. The average Bonchev–Trinajstić information content (AvgIpc) is 1.87. The van der Waals surface area contributed by atoms with Crippen molar-refractivity contribution in [2.24, 2.45) is 5.73 Å². The first-order valence-electron chi connectivity index (χ1n) is 3.69. The molecule has 68 valence electrons. The standard InChI is InChI=1S/C8H18N2.ClH/c1-4-5-8(6-7-9)10(2)3;/h4,8H,1,5-7,9H2,2-3H3;1H.